The van der Waals surface area contributed by atoms with Gasteiger partial charge in [0.15, 0.2) is 0 Å². The lowest BCUT2D eigenvalue weighted by Crippen LogP contribution is -2.37. The molecule has 3 rings (SSSR count). The van der Waals surface area contributed by atoms with Crippen molar-refractivity contribution in [1.82, 2.24) is 14.9 Å². The van der Waals surface area contributed by atoms with Crippen LogP contribution in [-0.2, 0) is 11.2 Å². The minimum atomic E-state index is 0.207. The molecule has 2 aromatic heterocycles. The summed E-state index contributed by atoms with van der Waals surface area (Å²) in [6.45, 7) is 2.60. The van der Waals surface area contributed by atoms with Crippen LogP contribution in [0.3, 0.4) is 0 Å². The summed E-state index contributed by atoms with van der Waals surface area (Å²) in [5.74, 6) is 1.58. The van der Waals surface area contributed by atoms with E-state index < -0.39 is 0 Å². The Morgan fingerprint density at radius 3 is 2.89 bits per heavy atom. The maximum atomic E-state index is 12.5. The van der Waals surface area contributed by atoms with E-state index in [1.165, 1.54) is 0 Å². The molecule has 0 aromatic carbocycles. The number of halogens is 1. The minimum Gasteiger partial charge on any atom is -0.355 e. The molecule has 144 valence electrons. The number of carbonyl (C=O) groups is 1. The third-order valence-electron chi connectivity index (χ3n) is 5.18. The van der Waals surface area contributed by atoms with Crippen molar-refractivity contribution in [3.8, 4) is 0 Å². The second-order valence-electron chi connectivity index (χ2n) is 7.19. The van der Waals surface area contributed by atoms with Gasteiger partial charge in [-0.1, -0.05) is 17.7 Å². The number of amides is 1. The highest BCUT2D eigenvalue weighted by Gasteiger charge is 2.23. The van der Waals surface area contributed by atoms with E-state index >= 15 is 0 Å². The van der Waals surface area contributed by atoms with Gasteiger partial charge in [0, 0.05) is 57.6 Å². The smallest absolute Gasteiger partial charge is 0.222 e. The number of carbonyl (C=O) groups excluding carboxylic acids is 1. The normalized spacial score (nSPS) is 17.0. The fourth-order valence-electron chi connectivity index (χ4n) is 3.57. The van der Waals surface area contributed by atoms with E-state index in [1.54, 1.807) is 12.4 Å². The van der Waals surface area contributed by atoms with Gasteiger partial charge < -0.3 is 9.80 Å². The summed E-state index contributed by atoms with van der Waals surface area (Å²) in [5, 5.41) is 0.698. The highest BCUT2D eigenvalue weighted by atomic mass is 35.5. The summed E-state index contributed by atoms with van der Waals surface area (Å²) in [5.41, 5.74) is 1.02. The zero-order valence-electron chi connectivity index (χ0n) is 15.9. The lowest BCUT2D eigenvalue weighted by Gasteiger charge is -2.34. The fourth-order valence-corrected chi connectivity index (χ4v) is 3.82. The molecular formula is C21H27ClN4O. The topological polar surface area (TPSA) is 49.3 Å². The van der Waals surface area contributed by atoms with Crippen LogP contribution in [-0.4, -0.2) is 47.5 Å². The molecule has 1 atom stereocenters. The molecule has 1 aliphatic heterocycles. The molecule has 1 fully saturated rings. The predicted molar refractivity (Wildman–Crippen MR) is 109 cm³/mol. The summed E-state index contributed by atoms with van der Waals surface area (Å²) in [7, 11) is 1.88. The first-order valence-electron chi connectivity index (χ1n) is 9.63. The van der Waals surface area contributed by atoms with Gasteiger partial charge in [-0.15, -0.1) is 0 Å². The van der Waals surface area contributed by atoms with Gasteiger partial charge in [0.1, 0.15) is 5.82 Å². The van der Waals surface area contributed by atoms with Gasteiger partial charge in [0.2, 0.25) is 5.91 Å². The monoisotopic (exact) mass is 386 g/mol. The predicted octanol–water partition coefficient (Wildman–Crippen LogP) is 3.83. The molecule has 0 spiro atoms. The fraction of sp³-hybridized carbons (Fsp3) is 0.476. The van der Waals surface area contributed by atoms with Crippen LogP contribution in [0.25, 0.3) is 0 Å². The highest BCUT2D eigenvalue weighted by molar-refractivity contribution is 6.32. The number of hydrogen-bond donors (Lipinski definition) is 0. The van der Waals surface area contributed by atoms with Crippen LogP contribution < -0.4 is 4.90 Å². The molecule has 0 unspecified atom stereocenters. The number of nitrogens with zero attached hydrogens (tertiary/aromatic N) is 4. The Morgan fingerprint density at radius 1 is 1.26 bits per heavy atom. The second kappa shape index (κ2) is 9.70. The second-order valence-corrected chi connectivity index (χ2v) is 7.60. The summed E-state index contributed by atoms with van der Waals surface area (Å²) in [6, 6.07) is 9.62. The molecule has 0 saturated carbocycles. The van der Waals surface area contributed by atoms with Gasteiger partial charge in [0.25, 0.3) is 0 Å². The summed E-state index contributed by atoms with van der Waals surface area (Å²) in [4.78, 5) is 25.3. The van der Waals surface area contributed by atoms with E-state index in [2.05, 4.69) is 14.9 Å². The van der Waals surface area contributed by atoms with Gasteiger partial charge in [-0.2, -0.15) is 0 Å². The zero-order chi connectivity index (χ0) is 19.1. The SMILES string of the molecule is CN(CCc1ccccn1)C(=O)CC[C@H]1CCCN(c2ncccc2Cl)C1. The molecule has 0 bridgehead atoms. The maximum Gasteiger partial charge on any atom is 0.222 e. The Bertz CT molecular complexity index is 740. The molecule has 0 N–H and O–H groups in total. The number of piperidine rings is 1. The van der Waals surface area contributed by atoms with Crippen LogP contribution >= 0.6 is 11.6 Å². The van der Waals surface area contributed by atoms with Crippen molar-refractivity contribution in [2.75, 3.05) is 31.6 Å². The van der Waals surface area contributed by atoms with Crippen LogP contribution in [0, 0.1) is 5.92 Å². The van der Waals surface area contributed by atoms with Crippen molar-refractivity contribution >= 4 is 23.3 Å². The van der Waals surface area contributed by atoms with Crippen LogP contribution in [0.1, 0.15) is 31.4 Å². The van der Waals surface area contributed by atoms with E-state index in [-0.39, 0.29) is 5.91 Å². The van der Waals surface area contributed by atoms with Crippen molar-refractivity contribution < 1.29 is 4.79 Å². The minimum absolute atomic E-state index is 0.207. The molecule has 5 nitrogen and oxygen atoms in total. The van der Waals surface area contributed by atoms with Gasteiger partial charge in [0.05, 0.1) is 5.02 Å². The van der Waals surface area contributed by atoms with Gasteiger partial charge >= 0.3 is 0 Å². The van der Waals surface area contributed by atoms with E-state index in [0.717, 1.165) is 50.3 Å². The van der Waals surface area contributed by atoms with Crippen molar-refractivity contribution in [2.24, 2.45) is 5.92 Å². The van der Waals surface area contributed by atoms with Gasteiger partial charge in [-0.05, 0) is 49.4 Å². The summed E-state index contributed by atoms with van der Waals surface area (Å²) in [6.07, 6.45) is 8.14. The molecular weight excluding hydrogens is 360 g/mol. The third-order valence-corrected chi connectivity index (χ3v) is 5.47. The van der Waals surface area contributed by atoms with E-state index in [1.807, 2.05) is 42.3 Å². The molecule has 3 heterocycles. The van der Waals surface area contributed by atoms with E-state index in [4.69, 9.17) is 11.6 Å². The summed E-state index contributed by atoms with van der Waals surface area (Å²) >= 11 is 6.29. The third kappa shape index (κ3) is 5.67. The Morgan fingerprint density at radius 2 is 2.11 bits per heavy atom. The van der Waals surface area contributed by atoms with E-state index in [9.17, 15) is 4.79 Å². The lowest BCUT2D eigenvalue weighted by molar-refractivity contribution is -0.130. The maximum absolute atomic E-state index is 12.5. The standard InChI is InChI=1S/C21H27ClN4O/c1-25(15-11-18-7-2-3-12-23-18)20(27)10-9-17-6-5-14-26(16-17)21-19(22)8-4-13-24-21/h2-4,7-8,12-13,17H,5-6,9-11,14-16H2,1H3/t17-/m1/s1. The molecule has 2 aromatic rings. The number of likely N-dealkylation sites (N-methyl/N-ethyl adjacent to an activating group) is 1. The molecule has 6 heteroatoms. The van der Waals surface area contributed by atoms with Crippen LogP contribution in [0.15, 0.2) is 42.7 Å². The molecule has 1 aliphatic rings. The molecule has 0 radical (unpaired) electrons. The van der Waals surface area contributed by atoms with Crippen LogP contribution in [0.2, 0.25) is 5.02 Å². The molecule has 0 aliphatic carbocycles. The van der Waals surface area contributed by atoms with Crippen molar-refractivity contribution in [3.63, 3.8) is 0 Å². The number of anilines is 1. The molecule has 1 saturated heterocycles. The quantitative estimate of drug-likeness (QED) is 0.725. The van der Waals surface area contributed by atoms with Gasteiger partial charge in [-0.25, -0.2) is 4.98 Å². The molecule has 27 heavy (non-hydrogen) atoms. The van der Waals surface area contributed by atoms with Crippen molar-refractivity contribution in [2.45, 2.75) is 32.1 Å². The summed E-state index contributed by atoms with van der Waals surface area (Å²) < 4.78 is 0. The first kappa shape index (κ1) is 19.6. The average Bonchev–Trinajstić information content (AvgIpc) is 2.71. The largest absolute Gasteiger partial charge is 0.355 e. The Hall–Kier alpha value is -2.14. The zero-order valence-corrected chi connectivity index (χ0v) is 16.6. The van der Waals surface area contributed by atoms with Crippen molar-refractivity contribution in [1.29, 1.82) is 0 Å². The number of aromatic nitrogens is 2. The Kier molecular flexibility index (Phi) is 7.04. The van der Waals surface area contributed by atoms with Gasteiger partial charge in [-0.3, -0.25) is 9.78 Å². The number of hydrogen-bond acceptors (Lipinski definition) is 4. The lowest BCUT2D eigenvalue weighted by atomic mass is 9.93. The number of pyridine rings is 2. The first-order valence-corrected chi connectivity index (χ1v) is 10.0. The van der Waals surface area contributed by atoms with E-state index in [0.29, 0.717) is 23.9 Å². The Balaban J connectivity index is 1.44. The Labute approximate surface area is 166 Å². The van der Waals surface area contributed by atoms with Crippen LogP contribution in [0.4, 0.5) is 5.82 Å². The van der Waals surface area contributed by atoms with Crippen LogP contribution in [0.5, 0.6) is 0 Å². The average molecular weight is 387 g/mol. The molecule has 1 amide bonds. The number of rotatable bonds is 7. The highest BCUT2D eigenvalue weighted by Crippen LogP contribution is 2.29. The first-order chi connectivity index (χ1) is 13.1. The van der Waals surface area contributed by atoms with Crippen molar-refractivity contribution in [3.05, 3.63) is 53.4 Å².